The zero-order chi connectivity index (χ0) is 39.6. The number of aliphatic carboxylic acids is 1. The van der Waals surface area contributed by atoms with Crippen molar-refractivity contribution in [3.8, 4) is 17.2 Å². The van der Waals surface area contributed by atoms with Gasteiger partial charge in [-0.15, -0.1) is 13.2 Å². The maximum atomic E-state index is 14.1. The Morgan fingerprint density at radius 2 is 1.67 bits per heavy atom. The lowest BCUT2D eigenvalue weighted by Gasteiger charge is -2.38. The predicted molar refractivity (Wildman–Crippen MR) is 181 cm³/mol. The molecule has 0 aliphatic carbocycles. The van der Waals surface area contributed by atoms with Gasteiger partial charge < -0.3 is 44.7 Å². The molecule has 4 heterocycles. The van der Waals surface area contributed by atoms with Crippen LogP contribution in [-0.2, 0) is 27.3 Å². The first-order valence-corrected chi connectivity index (χ1v) is 16.5. The number of carbonyl (C=O) groups excluding carboxylic acids is 1. The van der Waals surface area contributed by atoms with Crippen LogP contribution in [-0.4, -0.2) is 88.8 Å². The largest absolute Gasteiger partial charge is 0.619 e. The predicted octanol–water partition coefficient (Wildman–Crippen LogP) is 1.92. The number of hydrogen-bond donors (Lipinski definition) is 4. The topological polar surface area (TPSA) is 221 Å². The van der Waals surface area contributed by atoms with Gasteiger partial charge in [-0.25, -0.2) is 14.8 Å². The van der Waals surface area contributed by atoms with E-state index in [1.807, 2.05) is 0 Å². The molecule has 5 aromatic rings. The van der Waals surface area contributed by atoms with Crippen LogP contribution in [0.25, 0.3) is 16.7 Å². The van der Waals surface area contributed by atoms with Crippen LogP contribution < -0.4 is 19.8 Å². The molecular weight excluding hydrogens is 735 g/mol. The Bertz CT molecular complexity index is 2240. The molecule has 1 fully saturated rings. The molecule has 16 nitrogen and oxygen atoms in total. The SMILES string of the molecule is CC(c1nc2ncccc2c(=O)n1-c1ccc(OC2OC(C(=O)O)C(O)C(O)C2O)cc1)N(Cc1ccc[n+]([O-])c1)C(=O)Cc1ccc(OC(F)(F)F)cc1. The summed E-state index contributed by atoms with van der Waals surface area (Å²) < 4.78 is 54.7. The third-order valence-electron chi connectivity index (χ3n) is 8.69. The van der Waals surface area contributed by atoms with Crippen molar-refractivity contribution < 1.29 is 62.1 Å². The van der Waals surface area contributed by atoms with Crippen LogP contribution in [0, 0.1) is 5.21 Å². The molecule has 288 valence electrons. The van der Waals surface area contributed by atoms with Gasteiger partial charge in [0.25, 0.3) is 5.56 Å². The Morgan fingerprint density at radius 1 is 0.982 bits per heavy atom. The number of carbonyl (C=O) groups is 2. The Hall–Kier alpha value is -6.15. The van der Waals surface area contributed by atoms with Crippen LogP contribution in [0.5, 0.6) is 11.5 Å². The normalized spacial score (nSPS) is 20.5. The molecule has 0 bridgehead atoms. The maximum Gasteiger partial charge on any atom is 0.573 e. The molecule has 6 unspecified atom stereocenters. The van der Waals surface area contributed by atoms with E-state index in [1.54, 1.807) is 13.0 Å². The number of ether oxygens (including phenoxy) is 3. The standard InChI is InChI=1S/C36H32F3N5O11/c1-19(43(18-21-4-3-15-42(52)17-21)26(45)16-20-6-10-24(11-7-20)55-36(37,38)39)32-41-31-25(5-2-14-40-31)33(49)44(32)22-8-12-23(13-9-22)53-35-29(48)27(46)28(47)30(54-35)34(50)51/h2-15,17,19,27-30,35,46-48H,16,18H2,1H3,(H,50,51). The van der Waals surface area contributed by atoms with E-state index in [1.165, 1.54) is 82.7 Å². The van der Waals surface area contributed by atoms with Crippen molar-refractivity contribution in [3.05, 3.63) is 124 Å². The summed E-state index contributed by atoms with van der Waals surface area (Å²) >= 11 is 0. The van der Waals surface area contributed by atoms with E-state index in [-0.39, 0.29) is 41.3 Å². The van der Waals surface area contributed by atoms with E-state index >= 15 is 0 Å². The van der Waals surface area contributed by atoms with Crippen molar-refractivity contribution in [3.63, 3.8) is 0 Å². The van der Waals surface area contributed by atoms with E-state index in [9.17, 15) is 53.2 Å². The zero-order valence-corrected chi connectivity index (χ0v) is 28.6. The molecule has 0 spiro atoms. The summed E-state index contributed by atoms with van der Waals surface area (Å²) in [5.41, 5.74) is 0.453. The number of carboxylic acid groups (broad SMARTS) is 1. The van der Waals surface area contributed by atoms with Crippen LogP contribution in [0.1, 0.15) is 29.9 Å². The summed E-state index contributed by atoms with van der Waals surface area (Å²) in [6.07, 6.45) is -10.5. The van der Waals surface area contributed by atoms with Gasteiger partial charge in [-0.1, -0.05) is 12.1 Å². The van der Waals surface area contributed by atoms with Crippen molar-refractivity contribution in [1.82, 2.24) is 19.4 Å². The number of amides is 1. The van der Waals surface area contributed by atoms with Crippen LogP contribution in [0.3, 0.4) is 0 Å². The van der Waals surface area contributed by atoms with Gasteiger partial charge in [0.2, 0.25) is 12.2 Å². The first kappa shape index (κ1) is 38.6. The fourth-order valence-electron chi connectivity index (χ4n) is 5.98. The third-order valence-corrected chi connectivity index (χ3v) is 8.69. The smallest absolute Gasteiger partial charge is 0.573 e. The molecule has 6 rings (SSSR count). The lowest BCUT2D eigenvalue weighted by atomic mass is 9.99. The van der Waals surface area contributed by atoms with E-state index in [0.29, 0.717) is 15.9 Å². The number of fused-ring (bicyclic) bond motifs is 1. The van der Waals surface area contributed by atoms with Gasteiger partial charge in [0.05, 0.1) is 30.1 Å². The van der Waals surface area contributed by atoms with Crippen molar-refractivity contribution in [2.24, 2.45) is 0 Å². The summed E-state index contributed by atoms with van der Waals surface area (Å²) in [6.45, 7) is 1.44. The number of carboxylic acids is 1. The highest BCUT2D eigenvalue weighted by molar-refractivity contribution is 5.79. The summed E-state index contributed by atoms with van der Waals surface area (Å²) in [4.78, 5) is 50.0. The minimum absolute atomic E-state index is 0.0112. The number of aliphatic hydroxyl groups is 3. The van der Waals surface area contributed by atoms with Crippen LogP contribution in [0.4, 0.5) is 13.2 Å². The average molecular weight is 768 g/mol. The molecular formula is C36H32F3N5O11. The summed E-state index contributed by atoms with van der Waals surface area (Å²) in [5, 5.41) is 52.2. The minimum Gasteiger partial charge on any atom is -0.619 e. The molecule has 1 amide bonds. The number of alkyl halides is 3. The van der Waals surface area contributed by atoms with Gasteiger partial charge in [0, 0.05) is 17.8 Å². The number of pyridine rings is 2. The Balaban J connectivity index is 1.36. The summed E-state index contributed by atoms with van der Waals surface area (Å²) in [7, 11) is 0. The second kappa shape index (κ2) is 15.7. The zero-order valence-electron chi connectivity index (χ0n) is 28.6. The van der Waals surface area contributed by atoms with Gasteiger partial charge in [-0.3, -0.25) is 14.2 Å². The van der Waals surface area contributed by atoms with Gasteiger partial charge in [0.1, 0.15) is 35.6 Å². The number of aromatic nitrogens is 4. The van der Waals surface area contributed by atoms with Crippen molar-refractivity contribution in [2.75, 3.05) is 0 Å². The summed E-state index contributed by atoms with van der Waals surface area (Å²) in [5.74, 6) is -2.57. The highest BCUT2D eigenvalue weighted by Gasteiger charge is 2.48. The Labute approximate surface area is 308 Å². The Kier molecular flexibility index (Phi) is 11.0. The van der Waals surface area contributed by atoms with Gasteiger partial charge in [-0.05, 0) is 67.1 Å². The molecule has 19 heteroatoms. The minimum atomic E-state index is -4.91. The monoisotopic (exact) mass is 767 g/mol. The molecule has 1 aliphatic rings. The van der Waals surface area contributed by atoms with E-state index in [4.69, 9.17) is 9.47 Å². The number of benzene rings is 2. The van der Waals surface area contributed by atoms with Crippen molar-refractivity contribution >= 4 is 22.9 Å². The molecule has 1 aliphatic heterocycles. The average Bonchev–Trinajstić information content (AvgIpc) is 3.14. The van der Waals surface area contributed by atoms with E-state index < -0.39 is 66.3 Å². The molecule has 4 N–H and O–H groups in total. The van der Waals surface area contributed by atoms with Crippen LogP contribution in [0.2, 0.25) is 0 Å². The fourth-order valence-corrected chi connectivity index (χ4v) is 5.98. The molecule has 0 saturated carbocycles. The lowest BCUT2D eigenvalue weighted by Crippen LogP contribution is -2.61. The number of aliphatic hydroxyl groups excluding tert-OH is 3. The highest BCUT2D eigenvalue weighted by Crippen LogP contribution is 2.29. The molecule has 3 aromatic heterocycles. The highest BCUT2D eigenvalue weighted by atomic mass is 19.4. The van der Waals surface area contributed by atoms with Crippen LogP contribution >= 0.6 is 0 Å². The number of rotatable bonds is 11. The quantitative estimate of drug-likeness (QED) is 0.112. The number of halogens is 3. The Morgan fingerprint density at radius 3 is 2.33 bits per heavy atom. The van der Waals surface area contributed by atoms with Gasteiger partial charge in [-0.2, -0.15) is 4.73 Å². The van der Waals surface area contributed by atoms with Crippen molar-refractivity contribution in [1.29, 1.82) is 0 Å². The first-order valence-electron chi connectivity index (χ1n) is 16.5. The van der Waals surface area contributed by atoms with E-state index in [2.05, 4.69) is 14.7 Å². The van der Waals surface area contributed by atoms with E-state index in [0.717, 1.165) is 12.1 Å². The molecule has 1 saturated heterocycles. The molecule has 0 radical (unpaired) electrons. The fraction of sp³-hybridized carbons (Fsp3) is 0.278. The number of nitrogens with zero attached hydrogens (tertiary/aromatic N) is 5. The van der Waals surface area contributed by atoms with Crippen LogP contribution in [0.15, 0.2) is 96.2 Å². The van der Waals surface area contributed by atoms with Crippen molar-refractivity contribution in [2.45, 2.75) is 63.0 Å². The van der Waals surface area contributed by atoms with Gasteiger partial charge >= 0.3 is 12.3 Å². The van der Waals surface area contributed by atoms with Gasteiger partial charge in [0.15, 0.2) is 24.1 Å². The second-order valence-corrected chi connectivity index (χ2v) is 12.5. The molecule has 55 heavy (non-hydrogen) atoms. The summed E-state index contributed by atoms with van der Waals surface area (Å²) in [6, 6.07) is 15.4. The second-order valence-electron chi connectivity index (χ2n) is 12.5. The number of hydrogen-bond acceptors (Lipinski definition) is 12. The molecule has 2 aromatic carbocycles. The first-order chi connectivity index (χ1) is 26.1. The maximum absolute atomic E-state index is 14.1. The molecule has 6 atom stereocenters. The third kappa shape index (κ3) is 8.65. The lowest BCUT2D eigenvalue weighted by molar-refractivity contribution is -0.605.